The first kappa shape index (κ1) is 32.4. The standard InChI is InChI=1S/C25H33F6N5O5/c1-11(41-10-24(26,27)28)16(34-21(40)25(29,30)31)20(39)36-9-14-15(23(14,4)5)17(36)19(38)33-13(8-32)6-12-7-22(2,3)35-18(12)37/h11-17H,6-7,9-10H2,1-5H3,(H,33,38)(H,34,40)(H,35,37)/p-1/t11-,12-,13+,14+,15+,16+,17+/m1/s1. The molecule has 2 fully saturated rings. The Morgan fingerprint density at radius 2 is 1.78 bits per heavy atom. The van der Waals surface area contributed by atoms with Gasteiger partial charge in [0.2, 0.25) is 11.8 Å². The van der Waals surface area contributed by atoms with Gasteiger partial charge < -0.3 is 25.4 Å². The van der Waals surface area contributed by atoms with Crippen molar-refractivity contribution in [2.75, 3.05) is 13.2 Å². The van der Waals surface area contributed by atoms with E-state index in [2.05, 4.69) is 15.0 Å². The summed E-state index contributed by atoms with van der Waals surface area (Å²) in [7, 11) is 0. The van der Waals surface area contributed by atoms with Crippen LogP contribution in [0.2, 0.25) is 0 Å². The fourth-order valence-electron chi connectivity index (χ4n) is 5.91. The molecule has 10 nitrogen and oxygen atoms in total. The largest absolute Gasteiger partial charge is 0.862 e. The van der Waals surface area contributed by atoms with Crippen molar-refractivity contribution in [2.45, 2.75) is 89.6 Å². The van der Waals surface area contributed by atoms with Crippen molar-refractivity contribution in [1.29, 1.82) is 5.26 Å². The summed E-state index contributed by atoms with van der Waals surface area (Å²) in [4.78, 5) is 43.6. The molecule has 0 bridgehead atoms. The first-order chi connectivity index (χ1) is 18.6. The predicted octanol–water partition coefficient (Wildman–Crippen LogP) is 1.44. The molecule has 2 N–H and O–H groups in total. The van der Waals surface area contributed by atoms with Gasteiger partial charge in [-0.3, -0.25) is 19.4 Å². The van der Waals surface area contributed by atoms with Gasteiger partial charge >= 0.3 is 18.3 Å². The van der Waals surface area contributed by atoms with Crippen molar-refractivity contribution < 1.29 is 50.6 Å². The van der Waals surface area contributed by atoms with Crippen molar-refractivity contribution in [3.8, 4) is 6.07 Å². The number of hydrogen-bond acceptors (Lipinski definition) is 7. The molecule has 0 aromatic heterocycles. The molecule has 1 saturated heterocycles. The van der Waals surface area contributed by atoms with Gasteiger partial charge in [0, 0.05) is 6.54 Å². The van der Waals surface area contributed by atoms with E-state index in [0.29, 0.717) is 6.42 Å². The van der Waals surface area contributed by atoms with Gasteiger partial charge in [-0.2, -0.15) is 31.6 Å². The summed E-state index contributed by atoms with van der Waals surface area (Å²) >= 11 is 0. The molecular weight excluding hydrogens is 564 g/mol. The van der Waals surface area contributed by atoms with Gasteiger partial charge in [0.1, 0.15) is 24.7 Å². The number of rotatable bonds is 9. The summed E-state index contributed by atoms with van der Waals surface area (Å²) in [6.45, 7) is 6.00. The van der Waals surface area contributed by atoms with Crippen LogP contribution in [0.3, 0.4) is 0 Å². The van der Waals surface area contributed by atoms with E-state index in [1.54, 1.807) is 13.8 Å². The molecule has 0 radical (unpaired) electrons. The summed E-state index contributed by atoms with van der Waals surface area (Å²) < 4.78 is 81.8. The topological polar surface area (TPSA) is 147 Å². The number of nitrogens with one attached hydrogen (secondary N) is 2. The number of amides is 3. The van der Waals surface area contributed by atoms with E-state index in [1.807, 2.05) is 19.9 Å². The Hall–Kier alpha value is -3.09. The number of halogens is 6. The second-order valence-electron chi connectivity index (χ2n) is 12.1. The van der Waals surface area contributed by atoms with Gasteiger partial charge in [0.05, 0.1) is 17.7 Å². The molecule has 0 aromatic rings. The number of fused-ring (bicyclic) bond motifs is 1. The van der Waals surface area contributed by atoms with E-state index in [4.69, 9.17) is 0 Å². The zero-order valence-electron chi connectivity index (χ0n) is 23.0. The third-order valence-corrected chi connectivity index (χ3v) is 8.05. The molecule has 3 amide bonds. The minimum atomic E-state index is -5.45. The van der Waals surface area contributed by atoms with Crippen molar-refractivity contribution in [2.24, 2.45) is 28.2 Å². The number of carbonyl (C=O) groups excluding carboxylic acids is 3. The SMILES string of the molecule is C[C@@H](OCC(F)(F)F)[C@H](NC(=O)C(F)(F)F)C(=O)N1C[C@H]2[C@@H]([C@H]1C(=O)N[C@H](C#N)C[C@@H]1CC(C)(C)N=C1[O-])C2(C)C. The molecule has 2 heterocycles. The summed E-state index contributed by atoms with van der Waals surface area (Å²) in [5.74, 6) is -6.41. The highest BCUT2D eigenvalue weighted by Gasteiger charge is 2.69. The molecule has 2 aliphatic heterocycles. The van der Waals surface area contributed by atoms with Gasteiger partial charge in [-0.05, 0) is 62.7 Å². The zero-order chi connectivity index (χ0) is 31.3. The van der Waals surface area contributed by atoms with Gasteiger partial charge in [0.25, 0.3) is 0 Å². The number of carbonyl (C=O) groups is 3. The van der Waals surface area contributed by atoms with E-state index < -0.39 is 89.6 Å². The Morgan fingerprint density at radius 1 is 1.17 bits per heavy atom. The number of piperidine rings is 1. The predicted molar refractivity (Wildman–Crippen MR) is 127 cm³/mol. The molecule has 1 saturated carbocycles. The summed E-state index contributed by atoms with van der Waals surface area (Å²) in [6.07, 6.45) is -11.9. The van der Waals surface area contributed by atoms with Crippen LogP contribution >= 0.6 is 0 Å². The average molecular weight is 597 g/mol. The first-order valence-corrected chi connectivity index (χ1v) is 12.9. The van der Waals surface area contributed by atoms with Crippen LogP contribution in [0.5, 0.6) is 0 Å². The first-order valence-electron chi connectivity index (χ1n) is 12.9. The molecule has 41 heavy (non-hydrogen) atoms. The summed E-state index contributed by atoms with van der Waals surface area (Å²) in [5, 5.41) is 25.8. The lowest BCUT2D eigenvalue weighted by Gasteiger charge is -2.35. The Labute approximate surface area is 232 Å². The number of likely N-dealkylation sites (tertiary alicyclic amines) is 1. The van der Waals surface area contributed by atoms with Gasteiger partial charge in [-0.1, -0.05) is 13.8 Å². The van der Waals surface area contributed by atoms with E-state index >= 15 is 0 Å². The molecule has 0 spiro atoms. The molecule has 0 unspecified atom stereocenters. The second-order valence-corrected chi connectivity index (χ2v) is 12.1. The molecular formula is C25H32F6N5O5-. The number of nitrogens with zero attached hydrogens (tertiary/aromatic N) is 3. The monoisotopic (exact) mass is 596 g/mol. The van der Waals surface area contributed by atoms with Crippen LogP contribution in [0.4, 0.5) is 26.3 Å². The number of nitriles is 1. The lowest BCUT2D eigenvalue weighted by molar-refractivity contribution is -0.222. The van der Waals surface area contributed by atoms with Crippen LogP contribution in [-0.2, 0) is 19.1 Å². The summed E-state index contributed by atoms with van der Waals surface area (Å²) in [6, 6.07) is -2.75. The molecule has 3 rings (SSSR count). The molecule has 3 aliphatic rings. The third-order valence-electron chi connectivity index (χ3n) is 8.05. The zero-order valence-corrected chi connectivity index (χ0v) is 23.0. The van der Waals surface area contributed by atoms with Gasteiger partial charge in [-0.25, -0.2) is 0 Å². The van der Waals surface area contributed by atoms with Gasteiger partial charge in [0.15, 0.2) is 0 Å². The highest BCUT2D eigenvalue weighted by Crippen LogP contribution is 2.65. The lowest BCUT2D eigenvalue weighted by atomic mass is 9.90. The maximum atomic E-state index is 13.5. The van der Waals surface area contributed by atoms with Crippen molar-refractivity contribution in [1.82, 2.24) is 15.5 Å². The Morgan fingerprint density at radius 3 is 2.27 bits per heavy atom. The van der Waals surface area contributed by atoms with Crippen LogP contribution in [0, 0.1) is 34.5 Å². The maximum absolute atomic E-state index is 13.5. The van der Waals surface area contributed by atoms with E-state index in [-0.39, 0.29) is 18.9 Å². The highest BCUT2D eigenvalue weighted by molar-refractivity contribution is 5.95. The Bertz CT molecular complexity index is 1130. The van der Waals surface area contributed by atoms with Crippen LogP contribution in [0.1, 0.15) is 47.5 Å². The fraction of sp³-hybridized carbons (Fsp3) is 0.800. The van der Waals surface area contributed by atoms with Crippen molar-refractivity contribution >= 4 is 23.6 Å². The smallest absolute Gasteiger partial charge is 0.471 e. The maximum Gasteiger partial charge on any atom is 0.471 e. The van der Waals surface area contributed by atoms with Crippen LogP contribution < -0.4 is 15.7 Å². The van der Waals surface area contributed by atoms with E-state index in [0.717, 1.165) is 11.8 Å². The number of alkyl halides is 6. The molecule has 1 aliphatic carbocycles. The third kappa shape index (κ3) is 7.22. The van der Waals surface area contributed by atoms with E-state index in [1.165, 1.54) is 5.32 Å². The lowest BCUT2D eigenvalue weighted by Crippen LogP contribution is -2.61. The van der Waals surface area contributed by atoms with Gasteiger partial charge in [-0.15, -0.1) is 0 Å². The van der Waals surface area contributed by atoms with Crippen LogP contribution in [0.15, 0.2) is 4.99 Å². The van der Waals surface area contributed by atoms with E-state index in [9.17, 15) is 51.1 Å². The average Bonchev–Trinajstić information content (AvgIpc) is 3.12. The van der Waals surface area contributed by atoms with Crippen LogP contribution in [0.25, 0.3) is 0 Å². The van der Waals surface area contributed by atoms with Crippen LogP contribution in [-0.4, -0.2) is 83.8 Å². The van der Waals surface area contributed by atoms with Crippen molar-refractivity contribution in [3.05, 3.63) is 0 Å². The molecule has 0 aromatic carbocycles. The molecule has 230 valence electrons. The molecule has 7 atom stereocenters. The Balaban J connectivity index is 1.82. The number of aliphatic imine (C=N–C) groups is 1. The highest BCUT2D eigenvalue weighted by atomic mass is 19.4. The van der Waals surface area contributed by atoms with Crippen molar-refractivity contribution in [3.63, 3.8) is 0 Å². The minimum absolute atomic E-state index is 0.0568. The molecule has 16 heteroatoms. The minimum Gasteiger partial charge on any atom is -0.862 e. The second kappa shape index (κ2) is 11.0. The number of hydrogen-bond donors (Lipinski definition) is 2. The normalized spacial score (nSPS) is 28.5. The number of ether oxygens (including phenoxy) is 1. The quantitative estimate of drug-likeness (QED) is 0.385. The Kier molecular flexibility index (Phi) is 8.66. The fourth-order valence-corrected chi connectivity index (χ4v) is 5.91. The summed E-state index contributed by atoms with van der Waals surface area (Å²) in [5.41, 5.74) is -1.10.